The fourth-order valence-electron chi connectivity index (χ4n) is 3.61. The van der Waals surface area contributed by atoms with E-state index in [1.165, 1.54) is 0 Å². The van der Waals surface area contributed by atoms with Crippen LogP contribution in [0.3, 0.4) is 0 Å². The SMILES string of the molecule is CSc1ccccc1NC(=O)C1CCN(S(=O)(=O)CCCc2ccccc2)CC1. The molecule has 5 nitrogen and oxygen atoms in total. The van der Waals surface area contributed by atoms with Crippen molar-refractivity contribution in [1.82, 2.24) is 4.31 Å². The number of benzene rings is 2. The van der Waals surface area contributed by atoms with Crippen molar-refractivity contribution in [2.45, 2.75) is 30.6 Å². The van der Waals surface area contributed by atoms with Gasteiger partial charge in [0.2, 0.25) is 15.9 Å². The van der Waals surface area contributed by atoms with Gasteiger partial charge in [-0.1, -0.05) is 42.5 Å². The number of hydrogen-bond donors (Lipinski definition) is 1. The Bertz CT molecular complexity index is 909. The fourth-order valence-corrected chi connectivity index (χ4v) is 5.70. The summed E-state index contributed by atoms with van der Waals surface area (Å²) in [5, 5.41) is 3.01. The van der Waals surface area contributed by atoms with E-state index in [-0.39, 0.29) is 17.6 Å². The van der Waals surface area contributed by atoms with E-state index in [2.05, 4.69) is 5.32 Å². The summed E-state index contributed by atoms with van der Waals surface area (Å²) in [4.78, 5) is 13.7. The molecule has 2 aromatic carbocycles. The lowest BCUT2D eigenvalue weighted by Gasteiger charge is -2.30. The van der Waals surface area contributed by atoms with Gasteiger partial charge in [-0.3, -0.25) is 4.79 Å². The van der Waals surface area contributed by atoms with Crippen LogP contribution in [-0.4, -0.2) is 43.7 Å². The first-order chi connectivity index (χ1) is 14.0. The molecular weight excluding hydrogens is 404 g/mol. The Morgan fingerprint density at radius 1 is 1.07 bits per heavy atom. The number of sulfonamides is 1. The van der Waals surface area contributed by atoms with Crippen molar-refractivity contribution in [3.63, 3.8) is 0 Å². The van der Waals surface area contributed by atoms with Crippen LogP contribution in [0, 0.1) is 5.92 Å². The number of piperidine rings is 1. The Morgan fingerprint density at radius 3 is 2.41 bits per heavy atom. The molecule has 29 heavy (non-hydrogen) atoms. The van der Waals surface area contributed by atoms with Gasteiger partial charge in [-0.05, 0) is 49.6 Å². The molecule has 0 radical (unpaired) electrons. The predicted molar refractivity (Wildman–Crippen MR) is 120 cm³/mol. The average Bonchev–Trinajstić information content (AvgIpc) is 2.75. The largest absolute Gasteiger partial charge is 0.325 e. The first-order valence-electron chi connectivity index (χ1n) is 9.95. The first kappa shape index (κ1) is 21.9. The summed E-state index contributed by atoms with van der Waals surface area (Å²) < 4.78 is 26.9. The van der Waals surface area contributed by atoms with E-state index in [9.17, 15) is 13.2 Å². The highest BCUT2D eigenvalue weighted by molar-refractivity contribution is 7.98. The molecule has 1 saturated heterocycles. The third kappa shape index (κ3) is 6.07. The van der Waals surface area contributed by atoms with Crippen LogP contribution in [0.2, 0.25) is 0 Å². The lowest BCUT2D eigenvalue weighted by atomic mass is 9.97. The van der Waals surface area contributed by atoms with Crippen LogP contribution >= 0.6 is 11.8 Å². The van der Waals surface area contributed by atoms with Gasteiger partial charge in [0.25, 0.3) is 0 Å². The molecule has 2 aromatic rings. The summed E-state index contributed by atoms with van der Waals surface area (Å²) in [7, 11) is -3.27. The molecule has 0 saturated carbocycles. The smallest absolute Gasteiger partial charge is 0.227 e. The van der Waals surface area contributed by atoms with Crippen molar-refractivity contribution in [2.75, 3.05) is 30.4 Å². The molecule has 0 aliphatic carbocycles. The topological polar surface area (TPSA) is 66.5 Å². The molecule has 1 aliphatic rings. The molecule has 1 N–H and O–H groups in total. The van der Waals surface area contributed by atoms with Gasteiger partial charge < -0.3 is 5.32 Å². The Balaban J connectivity index is 1.48. The van der Waals surface area contributed by atoms with E-state index in [1.807, 2.05) is 60.9 Å². The van der Waals surface area contributed by atoms with Crippen LogP contribution in [0.15, 0.2) is 59.5 Å². The summed E-state index contributed by atoms with van der Waals surface area (Å²) in [6.07, 6.45) is 4.47. The predicted octanol–water partition coefficient (Wildman–Crippen LogP) is 4.02. The van der Waals surface area contributed by atoms with Gasteiger partial charge in [-0.15, -0.1) is 11.8 Å². The van der Waals surface area contributed by atoms with Crippen molar-refractivity contribution >= 4 is 33.4 Å². The molecular formula is C22H28N2O3S2. The summed E-state index contributed by atoms with van der Waals surface area (Å²) in [5.41, 5.74) is 1.98. The number of amides is 1. The molecule has 3 rings (SSSR count). The van der Waals surface area contributed by atoms with E-state index in [0.717, 1.165) is 22.6 Å². The second kappa shape index (κ2) is 10.3. The van der Waals surface area contributed by atoms with Gasteiger partial charge in [0.05, 0.1) is 11.4 Å². The summed E-state index contributed by atoms with van der Waals surface area (Å²) in [6.45, 7) is 0.825. The third-order valence-corrected chi connectivity index (χ3v) is 8.05. The van der Waals surface area contributed by atoms with Gasteiger partial charge >= 0.3 is 0 Å². The molecule has 7 heteroatoms. The number of nitrogens with zero attached hydrogens (tertiary/aromatic N) is 1. The first-order valence-corrected chi connectivity index (χ1v) is 12.8. The van der Waals surface area contributed by atoms with Crippen molar-refractivity contribution < 1.29 is 13.2 Å². The van der Waals surface area contributed by atoms with Crippen molar-refractivity contribution in [3.8, 4) is 0 Å². The zero-order valence-corrected chi connectivity index (χ0v) is 18.3. The van der Waals surface area contributed by atoms with Crippen LogP contribution < -0.4 is 5.32 Å². The molecule has 0 spiro atoms. The maximum Gasteiger partial charge on any atom is 0.227 e. The number of thioether (sulfide) groups is 1. The van der Waals surface area contributed by atoms with Crippen LogP contribution in [-0.2, 0) is 21.2 Å². The maximum atomic E-state index is 12.6. The minimum Gasteiger partial charge on any atom is -0.325 e. The molecule has 0 atom stereocenters. The molecule has 1 amide bonds. The quantitative estimate of drug-likeness (QED) is 0.640. The zero-order valence-electron chi connectivity index (χ0n) is 16.7. The monoisotopic (exact) mass is 432 g/mol. The van der Waals surface area contributed by atoms with E-state index < -0.39 is 10.0 Å². The summed E-state index contributed by atoms with van der Waals surface area (Å²) in [6, 6.07) is 17.7. The minimum atomic E-state index is -3.27. The normalized spacial score (nSPS) is 15.9. The highest BCUT2D eigenvalue weighted by Gasteiger charge is 2.31. The van der Waals surface area contributed by atoms with Crippen LogP contribution in [0.5, 0.6) is 0 Å². The van der Waals surface area contributed by atoms with Gasteiger partial charge in [0, 0.05) is 23.9 Å². The van der Waals surface area contributed by atoms with Gasteiger partial charge in [0.1, 0.15) is 0 Å². The number of aryl methyl sites for hydroxylation is 1. The van der Waals surface area contributed by atoms with Crippen LogP contribution in [0.1, 0.15) is 24.8 Å². The van der Waals surface area contributed by atoms with E-state index in [0.29, 0.717) is 32.4 Å². The van der Waals surface area contributed by atoms with E-state index in [4.69, 9.17) is 0 Å². The average molecular weight is 433 g/mol. The second-order valence-corrected chi connectivity index (χ2v) is 10.2. The highest BCUT2D eigenvalue weighted by Crippen LogP contribution is 2.27. The van der Waals surface area contributed by atoms with Crippen LogP contribution in [0.25, 0.3) is 0 Å². The minimum absolute atomic E-state index is 0.0207. The van der Waals surface area contributed by atoms with Crippen molar-refractivity contribution in [1.29, 1.82) is 0 Å². The molecule has 156 valence electrons. The standard InChI is InChI=1S/C22H28N2O3S2/c1-28-21-12-6-5-11-20(21)23-22(25)19-13-15-24(16-14-19)29(26,27)17-7-10-18-8-3-2-4-9-18/h2-6,8-9,11-12,19H,7,10,13-17H2,1H3,(H,23,25). The Kier molecular flexibility index (Phi) is 7.75. The van der Waals surface area contributed by atoms with E-state index >= 15 is 0 Å². The molecule has 0 unspecified atom stereocenters. The van der Waals surface area contributed by atoms with Crippen LogP contribution in [0.4, 0.5) is 5.69 Å². The van der Waals surface area contributed by atoms with Crippen molar-refractivity contribution in [3.05, 3.63) is 60.2 Å². The lowest BCUT2D eigenvalue weighted by molar-refractivity contribution is -0.120. The van der Waals surface area contributed by atoms with Crippen molar-refractivity contribution in [2.24, 2.45) is 5.92 Å². The Hall–Kier alpha value is -1.83. The lowest BCUT2D eigenvalue weighted by Crippen LogP contribution is -2.42. The fraction of sp³-hybridized carbons (Fsp3) is 0.409. The number of nitrogens with one attached hydrogen (secondary N) is 1. The molecule has 1 heterocycles. The maximum absolute atomic E-state index is 12.6. The molecule has 0 bridgehead atoms. The number of carbonyl (C=O) groups excluding carboxylic acids is 1. The summed E-state index contributed by atoms with van der Waals surface area (Å²) >= 11 is 1.59. The number of para-hydroxylation sites is 1. The van der Waals surface area contributed by atoms with Gasteiger partial charge in [-0.2, -0.15) is 0 Å². The Morgan fingerprint density at radius 2 is 1.72 bits per heavy atom. The third-order valence-electron chi connectivity index (χ3n) is 5.29. The molecule has 1 aliphatic heterocycles. The Labute approximate surface area is 177 Å². The highest BCUT2D eigenvalue weighted by atomic mass is 32.2. The summed E-state index contributed by atoms with van der Waals surface area (Å²) in [5.74, 6) is -0.0202. The second-order valence-electron chi connectivity index (χ2n) is 7.27. The number of hydrogen-bond acceptors (Lipinski definition) is 4. The zero-order chi connectivity index (χ0) is 20.7. The van der Waals surface area contributed by atoms with E-state index in [1.54, 1.807) is 16.1 Å². The number of rotatable bonds is 8. The number of carbonyl (C=O) groups is 1. The van der Waals surface area contributed by atoms with Gasteiger partial charge in [0.15, 0.2) is 0 Å². The molecule has 1 fully saturated rings. The van der Waals surface area contributed by atoms with Gasteiger partial charge in [-0.25, -0.2) is 12.7 Å². The molecule has 0 aromatic heterocycles. The number of anilines is 1.